The Kier molecular flexibility index (Phi) is 3.56. The second kappa shape index (κ2) is 5.12. The molecule has 1 unspecified atom stereocenters. The van der Waals surface area contributed by atoms with Crippen molar-refractivity contribution in [3.63, 3.8) is 0 Å². The van der Waals surface area contributed by atoms with Gasteiger partial charge in [0.05, 0.1) is 11.4 Å². The molecule has 0 amide bonds. The molecule has 1 heterocycles. The van der Waals surface area contributed by atoms with Gasteiger partial charge in [-0.3, -0.25) is 4.98 Å². The Bertz CT molecular complexity index is 494. The van der Waals surface area contributed by atoms with Crippen molar-refractivity contribution >= 4 is 17.3 Å². The predicted octanol–water partition coefficient (Wildman–Crippen LogP) is 2.48. The van der Waals surface area contributed by atoms with E-state index in [1.165, 1.54) is 6.08 Å². The van der Waals surface area contributed by atoms with Gasteiger partial charge in [-0.25, -0.2) is 4.99 Å². The maximum Gasteiger partial charge on any atom is 0.188 e. The van der Waals surface area contributed by atoms with Crippen molar-refractivity contribution in [1.82, 2.24) is 4.98 Å². The highest BCUT2D eigenvalue weighted by Crippen LogP contribution is 2.21. The first kappa shape index (κ1) is 11.8. The van der Waals surface area contributed by atoms with E-state index in [4.69, 9.17) is 11.6 Å². The first-order chi connectivity index (χ1) is 8.16. The van der Waals surface area contributed by atoms with E-state index in [1.54, 1.807) is 30.5 Å². The summed E-state index contributed by atoms with van der Waals surface area (Å²) in [4.78, 5) is 7.99. The van der Waals surface area contributed by atoms with E-state index in [9.17, 15) is 10.2 Å². The van der Waals surface area contributed by atoms with E-state index in [-0.39, 0.29) is 5.76 Å². The van der Waals surface area contributed by atoms with Gasteiger partial charge in [-0.2, -0.15) is 0 Å². The smallest absolute Gasteiger partial charge is 0.188 e. The minimum Gasteiger partial charge on any atom is -0.506 e. The van der Waals surface area contributed by atoms with E-state index >= 15 is 0 Å². The van der Waals surface area contributed by atoms with Gasteiger partial charge in [-0.1, -0.05) is 17.7 Å². The maximum atomic E-state index is 9.83. The number of allylic oxidation sites excluding steroid dienone is 4. The first-order valence-electron chi connectivity index (χ1n) is 5.08. The van der Waals surface area contributed by atoms with E-state index in [2.05, 4.69) is 9.98 Å². The quantitative estimate of drug-likeness (QED) is 0.848. The van der Waals surface area contributed by atoms with Crippen LogP contribution in [0.15, 0.2) is 52.3 Å². The molecule has 2 rings (SSSR count). The molecule has 0 saturated carbocycles. The summed E-state index contributed by atoms with van der Waals surface area (Å²) in [5, 5.41) is 20.0. The summed E-state index contributed by atoms with van der Waals surface area (Å²) in [6.07, 6.45) is 3.85. The number of aliphatic imine (C=N–C) groups is 1. The predicted molar refractivity (Wildman–Crippen MR) is 65.9 cm³/mol. The van der Waals surface area contributed by atoms with Crippen molar-refractivity contribution < 1.29 is 10.2 Å². The molecule has 1 aliphatic rings. The molecule has 0 saturated heterocycles. The molecular formula is C12H11ClN2O2. The zero-order chi connectivity index (χ0) is 12.3. The van der Waals surface area contributed by atoms with Crippen molar-refractivity contribution in [1.29, 1.82) is 0 Å². The number of nitrogens with zero attached hydrogens (tertiary/aromatic N) is 2. The molecule has 1 aliphatic carbocycles. The van der Waals surface area contributed by atoms with Gasteiger partial charge in [-0.05, 0) is 24.3 Å². The number of rotatable bonds is 2. The highest BCUT2D eigenvalue weighted by atomic mass is 35.5. The number of aliphatic hydroxyl groups excluding tert-OH is 2. The molecule has 0 aliphatic heterocycles. The maximum absolute atomic E-state index is 9.83. The van der Waals surface area contributed by atoms with Crippen LogP contribution >= 0.6 is 11.6 Å². The van der Waals surface area contributed by atoms with Gasteiger partial charge >= 0.3 is 0 Å². The summed E-state index contributed by atoms with van der Waals surface area (Å²) in [6.45, 7) is 0. The van der Waals surface area contributed by atoms with Gasteiger partial charge in [-0.15, -0.1) is 0 Å². The first-order valence-corrected chi connectivity index (χ1v) is 5.46. The lowest BCUT2D eigenvalue weighted by molar-refractivity contribution is 0.183. The van der Waals surface area contributed by atoms with E-state index < -0.39 is 6.23 Å². The van der Waals surface area contributed by atoms with Gasteiger partial charge in [0.25, 0.3) is 0 Å². The molecule has 17 heavy (non-hydrogen) atoms. The van der Waals surface area contributed by atoms with Crippen LogP contribution in [-0.2, 0) is 0 Å². The van der Waals surface area contributed by atoms with Crippen LogP contribution in [0, 0.1) is 0 Å². The second-order valence-corrected chi connectivity index (χ2v) is 4.03. The Morgan fingerprint density at radius 1 is 1.35 bits per heavy atom. The number of aliphatic hydroxyl groups is 2. The van der Waals surface area contributed by atoms with Crippen LogP contribution < -0.4 is 0 Å². The molecule has 0 radical (unpaired) electrons. The van der Waals surface area contributed by atoms with Crippen molar-refractivity contribution in [2.24, 2.45) is 4.99 Å². The standard InChI is InChI=1S/C12H11ClN2O2/c13-8-4-5-11(16)10(7-8)15-12(17)9-3-1-2-6-14-9/h1-6,12,16-17H,7H2. The number of hydrogen-bond acceptors (Lipinski definition) is 4. The van der Waals surface area contributed by atoms with Gasteiger partial charge in [0.1, 0.15) is 5.76 Å². The van der Waals surface area contributed by atoms with E-state index in [0.29, 0.717) is 22.9 Å². The summed E-state index contributed by atoms with van der Waals surface area (Å²) >= 11 is 5.83. The fourth-order valence-electron chi connectivity index (χ4n) is 1.43. The zero-order valence-electron chi connectivity index (χ0n) is 8.92. The Morgan fingerprint density at radius 2 is 2.18 bits per heavy atom. The monoisotopic (exact) mass is 250 g/mol. The normalized spacial score (nSPS) is 19.8. The summed E-state index contributed by atoms with van der Waals surface area (Å²) in [5.74, 6) is 0.0179. The summed E-state index contributed by atoms with van der Waals surface area (Å²) in [7, 11) is 0. The average Bonchev–Trinajstić information content (AvgIpc) is 2.35. The molecule has 0 aromatic carbocycles. The third-order valence-electron chi connectivity index (χ3n) is 2.28. The van der Waals surface area contributed by atoms with Crippen molar-refractivity contribution in [2.45, 2.75) is 12.6 Å². The SMILES string of the molecule is OC1=CC=C(Cl)CC1=NC(O)c1ccccn1. The van der Waals surface area contributed by atoms with Gasteiger partial charge < -0.3 is 10.2 Å². The molecule has 0 bridgehead atoms. The Balaban J connectivity index is 2.21. The third-order valence-corrected chi connectivity index (χ3v) is 2.54. The molecule has 1 atom stereocenters. The number of aromatic nitrogens is 1. The lowest BCUT2D eigenvalue weighted by atomic mass is 10.1. The zero-order valence-corrected chi connectivity index (χ0v) is 9.67. The van der Waals surface area contributed by atoms with Gasteiger partial charge in [0, 0.05) is 17.6 Å². The van der Waals surface area contributed by atoms with Crippen LogP contribution in [0.2, 0.25) is 0 Å². The Hall–Kier alpha value is -1.65. The number of pyridine rings is 1. The van der Waals surface area contributed by atoms with Crippen LogP contribution in [0.25, 0.3) is 0 Å². The van der Waals surface area contributed by atoms with E-state index in [0.717, 1.165) is 0 Å². The Labute approximate surface area is 104 Å². The molecule has 0 spiro atoms. The van der Waals surface area contributed by atoms with Crippen LogP contribution in [-0.4, -0.2) is 20.9 Å². The topological polar surface area (TPSA) is 65.7 Å². The van der Waals surface area contributed by atoms with Crippen LogP contribution in [0.4, 0.5) is 0 Å². The molecule has 2 N–H and O–H groups in total. The van der Waals surface area contributed by atoms with Crippen molar-refractivity contribution in [3.05, 3.63) is 53.0 Å². The Morgan fingerprint density at radius 3 is 2.88 bits per heavy atom. The van der Waals surface area contributed by atoms with Crippen LogP contribution in [0.1, 0.15) is 18.3 Å². The average molecular weight is 251 g/mol. The van der Waals surface area contributed by atoms with Crippen LogP contribution in [0.5, 0.6) is 0 Å². The lowest BCUT2D eigenvalue weighted by Gasteiger charge is -2.12. The second-order valence-electron chi connectivity index (χ2n) is 3.55. The number of hydrogen-bond donors (Lipinski definition) is 2. The van der Waals surface area contributed by atoms with Crippen molar-refractivity contribution in [2.75, 3.05) is 0 Å². The summed E-state index contributed by atoms with van der Waals surface area (Å²) in [5.41, 5.74) is 0.786. The molecule has 0 fully saturated rings. The summed E-state index contributed by atoms with van der Waals surface area (Å²) in [6, 6.07) is 5.17. The highest BCUT2D eigenvalue weighted by Gasteiger charge is 2.15. The fraction of sp³-hybridized carbons (Fsp3) is 0.167. The molecule has 1 aromatic rings. The lowest BCUT2D eigenvalue weighted by Crippen LogP contribution is -2.09. The molecule has 4 nitrogen and oxygen atoms in total. The minimum absolute atomic E-state index is 0.0179. The minimum atomic E-state index is -1.09. The number of halogens is 1. The highest BCUT2D eigenvalue weighted by molar-refractivity contribution is 6.32. The fourth-order valence-corrected chi connectivity index (χ4v) is 1.62. The largest absolute Gasteiger partial charge is 0.506 e. The molecule has 1 aromatic heterocycles. The van der Waals surface area contributed by atoms with Crippen LogP contribution in [0.3, 0.4) is 0 Å². The van der Waals surface area contributed by atoms with E-state index in [1.807, 2.05) is 0 Å². The molecular weight excluding hydrogens is 240 g/mol. The molecule has 5 heteroatoms. The van der Waals surface area contributed by atoms with Gasteiger partial charge in [0.2, 0.25) is 0 Å². The van der Waals surface area contributed by atoms with Crippen molar-refractivity contribution in [3.8, 4) is 0 Å². The summed E-state index contributed by atoms with van der Waals surface area (Å²) < 4.78 is 0. The molecule has 88 valence electrons. The van der Waals surface area contributed by atoms with Gasteiger partial charge in [0.15, 0.2) is 6.23 Å². The third kappa shape index (κ3) is 2.93.